The minimum Gasteiger partial charge on any atom is -0.345 e. The third-order valence-corrected chi connectivity index (χ3v) is 5.85. The van der Waals surface area contributed by atoms with Gasteiger partial charge in [0.15, 0.2) is 0 Å². The first-order chi connectivity index (χ1) is 15.0. The van der Waals surface area contributed by atoms with Crippen LogP contribution in [0.5, 0.6) is 0 Å². The highest BCUT2D eigenvalue weighted by atomic mass is 32.1. The fraction of sp³-hybridized carbons (Fsp3) is 0.238. The molecule has 0 fully saturated rings. The molecule has 4 rings (SSSR count). The van der Waals surface area contributed by atoms with Gasteiger partial charge in [0.2, 0.25) is 5.91 Å². The van der Waals surface area contributed by atoms with Gasteiger partial charge in [0.1, 0.15) is 22.7 Å². The normalized spacial score (nSPS) is 13.0. The molecule has 0 bridgehead atoms. The highest BCUT2D eigenvalue weighted by Crippen LogP contribution is 2.26. The van der Waals surface area contributed by atoms with Crippen molar-refractivity contribution in [1.82, 2.24) is 35.5 Å². The number of nitrogens with one attached hydrogen (secondary N) is 1. The van der Waals surface area contributed by atoms with E-state index in [2.05, 4.69) is 30.8 Å². The molecule has 31 heavy (non-hydrogen) atoms. The molecule has 0 aliphatic carbocycles. The average Bonchev–Trinajstić information content (AvgIpc) is 3.43. The summed E-state index contributed by atoms with van der Waals surface area (Å²) in [7, 11) is 0. The van der Waals surface area contributed by atoms with E-state index < -0.39 is 6.04 Å². The van der Waals surface area contributed by atoms with Crippen LogP contribution in [-0.2, 0) is 11.2 Å². The molecule has 1 amide bonds. The Kier molecular flexibility index (Phi) is 6.08. The number of rotatable bonds is 7. The largest absolute Gasteiger partial charge is 0.345 e. The monoisotopic (exact) mass is 437 g/mol. The van der Waals surface area contributed by atoms with Crippen LogP contribution < -0.4 is 5.32 Å². The summed E-state index contributed by atoms with van der Waals surface area (Å²) >= 11 is 1.48. The summed E-state index contributed by atoms with van der Waals surface area (Å²) in [5.74, 6) is -0.0530. The molecule has 0 aliphatic rings. The van der Waals surface area contributed by atoms with Gasteiger partial charge in [0, 0.05) is 29.8 Å². The fourth-order valence-corrected chi connectivity index (χ4v) is 4.01. The number of nitrogens with zero attached hydrogens (tertiary/aromatic N) is 6. The summed E-state index contributed by atoms with van der Waals surface area (Å²) in [4.78, 5) is 21.9. The van der Waals surface area contributed by atoms with Gasteiger partial charge in [-0.15, -0.1) is 16.4 Å². The van der Waals surface area contributed by atoms with E-state index in [0.717, 1.165) is 21.8 Å². The number of aryl methyl sites for hydroxylation is 1. The van der Waals surface area contributed by atoms with Crippen molar-refractivity contribution in [1.29, 1.82) is 0 Å². The highest BCUT2D eigenvalue weighted by molar-refractivity contribution is 7.10. The first kappa shape index (κ1) is 20.7. The van der Waals surface area contributed by atoms with Crippen LogP contribution in [-0.4, -0.2) is 36.1 Å². The summed E-state index contributed by atoms with van der Waals surface area (Å²) in [5, 5.41) is 17.3. The number of hydrogen-bond donors (Lipinski definition) is 1. The van der Waals surface area contributed by atoms with Crippen LogP contribution in [0.3, 0.4) is 0 Å². The number of benzene rings is 1. The van der Waals surface area contributed by atoms with Crippen molar-refractivity contribution >= 4 is 17.2 Å². The Morgan fingerprint density at radius 3 is 2.61 bits per heavy atom. The minimum absolute atomic E-state index is 0.243. The van der Waals surface area contributed by atoms with Crippen LogP contribution in [0, 0.1) is 12.7 Å². The lowest BCUT2D eigenvalue weighted by Crippen LogP contribution is -2.36. The zero-order valence-electron chi connectivity index (χ0n) is 16.9. The van der Waals surface area contributed by atoms with E-state index in [9.17, 15) is 9.18 Å². The molecule has 0 spiro atoms. The second-order valence-electron chi connectivity index (χ2n) is 7.05. The molecular formula is C21H20FN7OS. The summed E-state index contributed by atoms with van der Waals surface area (Å²) in [6, 6.07) is 8.84. The summed E-state index contributed by atoms with van der Waals surface area (Å²) in [5.41, 5.74) is 2.61. The van der Waals surface area contributed by atoms with E-state index in [1.54, 1.807) is 31.5 Å². The van der Waals surface area contributed by atoms with Crippen molar-refractivity contribution in [2.45, 2.75) is 32.4 Å². The van der Waals surface area contributed by atoms with Crippen molar-refractivity contribution in [2.24, 2.45) is 0 Å². The SMILES string of the molecule is Cc1nnnn1C(Cc1ccc(F)cc1)C(=O)NC(C)c1nc(-c2ccncc2)cs1. The lowest BCUT2D eigenvalue weighted by molar-refractivity contribution is -0.125. The second kappa shape index (κ2) is 9.09. The Hall–Kier alpha value is -3.53. The van der Waals surface area contributed by atoms with Crippen LogP contribution >= 0.6 is 11.3 Å². The zero-order valence-corrected chi connectivity index (χ0v) is 17.8. The van der Waals surface area contributed by atoms with Crippen LogP contribution in [0.2, 0.25) is 0 Å². The van der Waals surface area contributed by atoms with Crippen molar-refractivity contribution in [3.8, 4) is 11.3 Å². The Balaban J connectivity index is 1.52. The van der Waals surface area contributed by atoms with E-state index in [-0.39, 0.29) is 17.8 Å². The van der Waals surface area contributed by atoms with Gasteiger partial charge in [-0.25, -0.2) is 14.1 Å². The fourth-order valence-electron chi connectivity index (χ4n) is 3.17. The Labute approximate surface area is 182 Å². The number of aromatic nitrogens is 6. The van der Waals surface area contributed by atoms with Crippen LogP contribution in [0.15, 0.2) is 54.2 Å². The number of amides is 1. The first-order valence-electron chi connectivity index (χ1n) is 9.66. The van der Waals surface area contributed by atoms with E-state index >= 15 is 0 Å². The predicted octanol–water partition coefficient (Wildman–Crippen LogP) is 3.30. The summed E-state index contributed by atoms with van der Waals surface area (Å²) in [6.07, 6.45) is 3.76. The number of carbonyl (C=O) groups excluding carboxylic acids is 1. The number of pyridine rings is 1. The number of halogens is 1. The van der Waals surface area contributed by atoms with Gasteiger partial charge in [-0.3, -0.25) is 9.78 Å². The molecule has 0 aliphatic heterocycles. The minimum atomic E-state index is -0.678. The number of tetrazole rings is 1. The summed E-state index contributed by atoms with van der Waals surface area (Å²) < 4.78 is 14.8. The molecule has 1 aromatic carbocycles. The molecule has 2 atom stereocenters. The lowest BCUT2D eigenvalue weighted by Gasteiger charge is -2.20. The van der Waals surface area contributed by atoms with Gasteiger partial charge in [0.25, 0.3) is 0 Å². The van der Waals surface area contributed by atoms with Gasteiger partial charge in [-0.2, -0.15) is 0 Å². The first-order valence-corrected chi connectivity index (χ1v) is 10.5. The number of carbonyl (C=O) groups is 1. The smallest absolute Gasteiger partial charge is 0.245 e. The maximum absolute atomic E-state index is 13.3. The highest BCUT2D eigenvalue weighted by Gasteiger charge is 2.26. The Morgan fingerprint density at radius 1 is 1.19 bits per heavy atom. The third kappa shape index (κ3) is 4.80. The Morgan fingerprint density at radius 2 is 1.94 bits per heavy atom. The standard InChI is InChI=1S/C21H20FN7OS/c1-13(21-25-18(12-31-21)16-7-9-23-10-8-16)24-20(30)19(29-14(2)26-27-28-29)11-15-3-5-17(22)6-4-15/h3-10,12-13,19H,11H2,1-2H3,(H,24,30). The van der Waals surface area contributed by atoms with Gasteiger partial charge in [0.05, 0.1) is 11.7 Å². The Bertz CT molecular complexity index is 1160. The lowest BCUT2D eigenvalue weighted by atomic mass is 10.0. The molecular weight excluding hydrogens is 417 g/mol. The van der Waals surface area contributed by atoms with Crippen molar-refractivity contribution < 1.29 is 9.18 Å². The predicted molar refractivity (Wildman–Crippen MR) is 114 cm³/mol. The summed E-state index contributed by atoms with van der Waals surface area (Å²) in [6.45, 7) is 3.62. The number of hydrogen-bond acceptors (Lipinski definition) is 7. The van der Waals surface area contributed by atoms with E-state index in [4.69, 9.17) is 0 Å². The third-order valence-electron chi connectivity index (χ3n) is 4.82. The van der Waals surface area contributed by atoms with Gasteiger partial charge in [-0.05, 0) is 54.1 Å². The maximum Gasteiger partial charge on any atom is 0.245 e. The average molecular weight is 438 g/mol. The topological polar surface area (TPSA) is 98.5 Å². The quantitative estimate of drug-likeness (QED) is 0.476. The maximum atomic E-state index is 13.3. The van der Waals surface area contributed by atoms with Gasteiger partial charge >= 0.3 is 0 Å². The van der Waals surface area contributed by atoms with Crippen LogP contribution in [0.1, 0.15) is 35.4 Å². The molecule has 0 radical (unpaired) electrons. The van der Waals surface area contributed by atoms with Crippen molar-refractivity contribution in [2.75, 3.05) is 0 Å². The molecule has 0 saturated carbocycles. The molecule has 10 heteroatoms. The van der Waals surface area contributed by atoms with Crippen molar-refractivity contribution in [3.63, 3.8) is 0 Å². The molecule has 0 saturated heterocycles. The molecule has 8 nitrogen and oxygen atoms in total. The second-order valence-corrected chi connectivity index (χ2v) is 7.94. The molecule has 1 N–H and O–H groups in total. The molecule has 4 aromatic rings. The van der Waals surface area contributed by atoms with Gasteiger partial charge in [-0.1, -0.05) is 12.1 Å². The van der Waals surface area contributed by atoms with E-state index in [1.807, 2.05) is 24.4 Å². The molecule has 2 unspecified atom stereocenters. The molecule has 3 heterocycles. The van der Waals surface area contributed by atoms with Crippen LogP contribution in [0.4, 0.5) is 4.39 Å². The zero-order chi connectivity index (χ0) is 21.8. The van der Waals surface area contributed by atoms with Gasteiger partial charge < -0.3 is 5.32 Å². The van der Waals surface area contributed by atoms with E-state index in [1.165, 1.54) is 28.2 Å². The molecule has 3 aromatic heterocycles. The molecule has 158 valence electrons. The number of thiazole rings is 1. The van der Waals surface area contributed by atoms with E-state index in [0.29, 0.717) is 12.2 Å². The van der Waals surface area contributed by atoms with Crippen LogP contribution in [0.25, 0.3) is 11.3 Å². The van der Waals surface area contributed by atoms with Crippen molar-refractivity contribution in [3.05, 3.63) is 76.4 Å².